The smallest absolute Gasteiger partial charge is 0.222 e. The van der Waals surface area contributed by atoms with Crippen molar-refractivity contribution < 1.29 is 4.84 Å². The summed E-state index contributed by atoms with van der Waals surface area (Å²) in [6.07, 6.45) is 3.09. The fourth-order valence-corrected chi connectivity index (χ4v) is 0.575. The normalized spacial score (nSPS) is 10.1. The maximum absolute atomic E-state index is 6.23. The Morgan fingerprint density at radius 1 is 1.80 bits per heavy atom. The molecule has 0 aromatic carbocycles. The van der Waals surface area contributed by atoms with Crippen LogP contribution in [0, 0.1) is 5.53 Å². The van der Waals surface area contributed by atoms with Crippen LogP contribution in [0.1, 0.15) is 0 Å². The summed E-state index contributed by atoms with van der Waals surface area (Å²) in [6.45, 7) is 0.755. The number of hydrogen-bond donors (Lipinski definition) is 2. The highest BCUT2D eigenvalue weighted by molar-refractivity contribution is 7.98. The Kier molecular flexibility index (Phi) is 7.86. The molecule has 0 aromatic rings. The SMILES string of the molecule is CSCCNO/C=N\N=N. The molecule has 0 rings (SSSR count). The van der Waals surface area contributed by atoms with Gasteiger partial charge in [0.2, 0.25) is 6.40 Å². The van der Waals surface area contributed by atoms with Gasteiger partial charge in [0.1, 0.15) is 0 Å². The molecule has 0 aliphatic rings. The molecule has 0 fully saturated rings. The molecule has 5 nitrogen and oxygen atoms in total. The maximum Gasteiger partial charge on any atom is 0.222 e. The Bertz CT molecular complexity index is 107. The van der Waals surface area contributed by atoms with Crippen molar-refractivity contribution in [2.24, 2.45) is 10.3 Å². The zero-order valence-corrected chi connectivity index (χ0v) is 6.52. The van der Waals surface area contributed by atoms with Crippen molar-refractivity contribution in [1.29, 1.82) is 5.53 Å². The molecule has 0 spiro atoms. The second kappa shape index (κ2) is 8.38. The molecule has 0 saturated carbocycles. The van der Waals surface area contributed by atoms with Crippen molar-refractivity contribution in [2.75, 3.05) is 18.6 Å². The van der Waals surface area contributed by atoms with Crippen molar-refractivity contribution in [1.82, 2.24) is 5.48 Å². The van der Waals surface area contributed by atoms with Gasteiger partial charge in [-0.25, -0.2) is 0 Å². The minimum Gasteiger partial charge on any atom is -0.395 e. The number of hydrogen-bond acceptors (Lipinski definition) is 5. The lowest BCUT2D eigenvalue weighted by Crippen LogP contribution is -2.16. The van der Waals surface area contributed by atoms with E-state index in [1.165, 1.54) is 0 Å². The third-order valence-electron chi connectivity index (χ3n) is 0.649. The molecule has 0 radical (unpaired) electrons. The predicted molar refractivity (Wildman–Crippen MR) is 41.1 cm³/mol. The molecule has 2 N–H and O–H groups in total. The van der Waals surface area contributed by atoms with Crippen molar-refractivity contribution in [2.45, 2.75) is 0 Å². The highest BCUT2D eigenvalue weighted by Crippen LogP contribution is 1.86. The summed E-state index contributed by atoms with van der Waals surface area (Å²) in [5, 5.41) is 5.85. The molecule has 0 saturated heterocycles. The lowest BCUT2D eigenvalue weighted by Gasteiger charge is -1.97. The van der Waals surface area contributed by atoms with E-state index in [9.17, 15) is 0 Å². The fraction of sp³-hybridized carbons (Fsp3) is 0.750. The Hall–Kier alpha value is -0.620. The zero-order chi connectivity index (χ0) is 7.66. The van der Waals surface area contributed by atoms with Crippen LogP contribution in [0.4, 0.5) is 0 Å². The van der Waals surface area contributed by atoms with Crippen molar-refractivity contribution >= 4 is 18.2 Å². The van der Waals surface area contributed by atoms with Crippen molar-refractivity contribution in [3.05, 3.63) is 0 Å². The van der Waals surface area contributed by atoms with Gasteiger partial charge >= 0.3 is 0 Å². The highest BCUT2D eigenvalue weighted by atomic mass is 32.2. The van der Waals surface area contributed by atoms with E-state index < -0.39 is 0 Å². The lowest BCUT2D eigenvalue weighted by molar-refractivity contribution is 0.200. The van der Waals surface area contributed by atoms with Gasteiger partial charge in [-0.3, -0.25) is 0 Å². The van der Waals surface area contributed by atoms with Crippen molar-refractivity contribution in [3.63, 3.8) is 0 Å². The summed E-state index contributed by atoms with van der Waals surface area (Å²) in [4.78, 5) is 4.61. The van der Waals surface area contributed by atoms with Gasteiger partial charge in [0.15, 0.2) is 0 Å². The second-order valence-corrected chi connectivity index (χ2v) is 2.31. The molecule has 0 aliphatic carbocycles. The maximum atomic E-state index is 6.23. The van der Waals surface area contributed by atoms with Crippen LogP contribution in [0.25, 0.3) is 0 Å². The highest BCUT2D eigenvalue weighted by Gasteiger charge is 1.80. The molecule has 0 aromatic heterocycles. The number of nitrogens with one attached hydrogen (secondary N) is 2. The number of thioether (sulfide) groups is 1. The molecular formula is C4H10N4OS. The summed E-state index contributed by atoms with van der Waals surface area (Å²) in [5.41, 5.74) is 8.84. The lowest BCUT2D eigenvalue weighted by atomic mass is 10.8. The third-order valence-corrected chi connectivity index (χ3v) is 1.26. The molecule has 6 heteroatoms. The monoisotopic (exact) mass is 162 g/mol. The Morgan fingerprint density at radius 3 is 3.20 bits per heavy atom. The van der Waals surface area contributed by atoms with Crippen LogP contribution < -0.4 is 5.48 Å². The van der Waals surface area contributed by atoms with Gasteiger partial charge in [-0.1, -0.05) is 5.10 Å². The minimum absolute atomic E-state index is 0.755. The van der Waals surface area contributed by atoms with Gasteiger partial charge in [-0.15, -0.1) is 0 Å². The van der Waals surface area contributed by atoms with Gasteiger partial charge in [0, 0.05) is 12.3 Å². The molecule has 0 amide bonds. The molecule has 0 aliphatic heterocycles. The number of hydroxylamine groups is 1. The molecule has 0 unspecified atom stereocenters. The van der Waals surface area contributed by atoms with Crippen LogP contribution in [-0.4, -0.2) is 25.0 Å². The number of rotatable bonds is 6. The van der Waals surface area contributed by atoms with Gasteiger partial charge in [-0.2, -0.15) is 22.8 Å². The van der Waals surface area contributed by atoms with E-state index in [4.69, 9.17) is 5.53 Å². The van der Waals surface area contributed by atoms with Crippen LogP contribution >= 0.6 is 11.8 Å². The molecule has 58 valence electrons. The molecule has 10 heavy (non-hydrogen) atoms. The Labute approximate surface area is 63.7 Å². The van der Waals surface area contributed by atoms with E-state index in [1.807, 2.05) is 6.26 Å². The predicted octanol–water partition coefficient (Wildman–Crippen LogP) is 0.845. The zero-order valence-electron chi connectivity index (χ0n) is 5.70. The first-order valence-electron chi connectivity index (χ1n) is 2.67. The first kappa shape index (κ1) is 9.38. The molecule has 0 bridgehead atoms. The quantitative estimate of drug-likeness (QED) is 0.200. The topological polar surface area (TPSA) is 69.8 Å². The summed E-state index contributed by atoms with van der Waals surface area (Å²) >= 11 is 1.72. The molecule has 0 atom stereocenters. The van der Waals surface area contributed by atoms with Crippen LogP contribution in [0.3, 0.4) is 0 Å². The largest absolute Gasteiger partial charge is 0.395 e. The van der Waals surface area contributed by atoms with E-state index in [-0.39, 0.29) is 0 Å². The van der Waals surface area contributed by atoms with E-state index in [0.29, 0.717) is 0 Å². The average molecular weight is 162 g/mol. The summed E-state index contributed by atoms with van der Waals surface area (Å²) < 4.78 is 0. The number of nitrogens with zero attached hydrogens (tertiary/aromatic N) is 2. The van der Waals surface area contributed by atoms with Crippen LogP contribution in [0.2, 0.25) is 0 Å². The standard InChI is InChI=1S/C4H10N4OS/c1-10-3-2-7-9-4-6-8-5/h4-5,7H,2-3H2,1H3/b6-4-,8-5?. The summed E-state index contributed by atoms with van der Waals surface area (Å²) in [5.74, 6) is 0.978. The van der Waals surface area contributed by atoms with E-state index >= 15 is 0 Å². The van der Waals surface area contributed by atoms with Crippen molar-refractivity contribution in [3.8, 4) is 0 Å². The molecule has 0 heterocycles. The summed E-state index contributed by atoms with van der Waals surface area (Å²) in [6, 6.07) is 0. The first-order chi connectivity index (χ1) is 4.91. The van der Waals surface area contributed by atoms with Gasteiger partial charge in [0.25, 0.3) is 0 Å². The van der Waals surface area contributed by atoms with Gasteiger partial charge < -0.3 is 4.84 Å². The van der Waals surface area contributed by atoms with Crippen LogP contribution in [0.5, 0.6) is 0 Å². The van der Waals surface area contributed by atoms with E-state index in [0.717, 1.165) is 18.7 Å². The summed E-state index contributed by atoms with van der Waals surface area (Å²) in [7, 11) is 0. The fourth-order valence-electron chi connectivity index (χ4n) is 0.287. The Balaban J connectivity index is 2.90. The molecular weight excluding hydrogens is 152 g/mol. The minimum atomic E-state index is 0.755. The average Bonchev–Trinajstić information content (AvgIpc) is 1.97. The Morgan fingerprint density at radius 2 is 2.60 bits per heavy atom. The second-order valence-electron chi connectivity index (χ2n) is 1.33. The third kappa shape index (κ3) is 7.38. The first-order valence-corrected chi connectivity index (χ1v) is 4.07. The van der Waals surface area contributed by atoms with E-state index in [1.54, 1.807) is 11.8 Å². The van der Waals surface area contributed by atoms with Crippen LogP contribution in [-0.2, 0) is 4.84 Å². The van der Waals surface area contributed by atoms with Gasteiger partial charge in [-0.05, 0) is 11.5 Å². The van der Waals surface area contributed by atoms with Gasteiger partial charge in [0.05, 0.1) is 0 Å². The van der Waals surface area contributed by atoms with E-state index in [2.05, 4.69) is 20.6 Å². The van der Waals surface area contributed by atoms with Crippen LogP contribution in [0.15, 0.2) is 10.3 Å².